The highest BCUT2D eigenvalue weighted by atomic mass is 32.1. The highest BCUT2D eigenvalue weighted by Crippen LogP contribution is 2.23. The van der Waals surface area contributed by atoms with E-state index in [1.807, 2.05) is 17.5 Å². The summed E-state index contributed by atoms with van der Waals surface area (Å²) in [6.45, 7) is 1.61. The van der Waals surface area contributed by atoms with E-state index in [1.165, 1.54) is 11.3 Å². The molecule has 84 valence electrons. The topological polar surface area (TPSA) is 76.2 Å². The first kappa shape index (κ1) is 10.8. The standard InChI is InChI=1S/C10H10N2O3S/c1-6(10(13)14)5-8-11-12-9(15-8)7-3-2-4-16-7/h2-4,6H,5H2,1H3,(H,13,14). The van der Waals surface area contributed by atoms with Gasteiger partial charge in [0, 0.05) is 6.42 Å². The molecule has 2 aromatic rings. The Bertz CT molecular complexity index is 478. The van der Waals surface area contributed by atoms with E-state index in [2.05, 4.69) is 10.2 Å². The van der Waals surface area contributed by atoms with Crippen LogP contribution in [0.15, 0.2) is 21.9 Å². The van der Waals surface area contributed by atoms with E-state index < -0.39 is 11.9 Å². The zero-order chi connectivity index (χ0) is 11.5. The number of hydrogen-bond donors (Lipinski definition) is 1. The Morgan fingerprint density at radius 2 is 2.44 bits per heavy atom. The van der Waals surface area contributed by atoms with Crippen LogP contribution in [0.25, 0.3) is 10.8 Å². The minimum Gasteiger partial charge on any atom is -0.481 e. The van der Waals surface area contributed by atoms with Crippen molar-refractivity contribution in [3.8, 4) is 10.8 Å². The maximum atomic E-state index is 10.7. The Labute approximate surface area is 95.7 Å². The molecule has 0 amide bonds. The average molecular weight is 238 g/mol. The van der Waals surface area contributed by atoms with E-state index in [9.17, 15) is 4.79 Å². The van der Waals surface area contributed by atoms with Crippen molar-refractivity contribution >= 4 is 17.3 Å². The Balaban J connectivity index is 2.11. The van der Waals surface area contributed by atoms with Crippen LogP contribution in [0.3, 0.4) is 0 Å². The van der Waals surface area contributed by atoms with Gasteiger partial charge in [-0.15, -0.1) is 21.5 Å². The van der Waals surface area contributed by atoms with Crippen LogP contribution in [-0.2, 0) is 11.2 Å². The van der Waals surface area contributed by atoms with Crippen LogP contribution in [0.2, 0.25) is 0 Å². The van der Waals surface area contributed by atoms with E-state index in [4.69, 9.17) is 9.52 Å². The smallest absolute Gasteiger partial charge is 0.306 e. The van der Waals surface area contributed by atoms with Crippen molar-refractivity contribution in [3.63, 3.8) is 0 Å². The summed E-state index contributed by atoms with van der Waals surface area (Å²) in [5.41, 5.74) is 0. The zero-order valence-electron chi connectivity index (χ0n) is 8.58. The Morgan fingerprint density at radius 1 is 1.62 bits per heavy atom. The van der Waals surface area contributed by atoms with Crippen molar-refractivity contribution < 1.29 is 14.3 Å². The van der Waals surface area contributed by atoms with Crippen LogP contribution in [0.4, 0.5) is 0 Å². The third kappa shape index (κ3) is 2.27. The van der Waals surface area contributed by atoms with Gasteiger partial charge in [-0.05, 0) is 11.4 Å². The summed E-state index contributed by atoms with van der Waals surface area (Å²) in [6.07, 6.45) is 0.258. The van der Waals surface area contributed by atoms with Gasteiger partial charge in [-0.25, -0.2) is 0 Å². The van der Waals surface area contributed by atoms with Crippen molar-refractivity contribution in [1.82, 2.24) is 10.2 Å². The molecule has 0 saturated carbocycles. The normalized spacial score (nSPS) is 12.6. The molecule has 1 N–H and O–H groups in total. The lowest BCUT2D eigenvalue weighted by atomic mass is 10.1. The van der Waals surface area contributed by atoms with Gasteiger partial charge in [0.1, 0.15) is 0 Å². The molecule has 0 radical (unpaired) electrons. The van der Waals surface area contributed by atoms with Gasteiger partial charge in [-0.1, -0.05) is 13.0 Å². The van der Waals surface area contributed by atoms with Crippen LogP contribution < -0.4 is 0 Å². The molecule has 0 aromatic carbocycles. The molecule has 0 saturated heterocycles. The number of rotatable bonds is 4. The van der Waals surface area contributed by atoms with Gasteiger partial charge in [-0.2, -0.15) is 0 Å². The summed E-state index contributed by atoms with van der Waals surface area (Å²) >= 11 is 1.50. The second-order valence-electron chi connectivity index (χ2n) is 3.42. The van der Waals surface area contributed by atoms with Crippen molar-refractivity contribution in [2.45, 2.75) is 13.3 Å². The van der Waals surface area contributed by atoms with Gasteiger partial charge in [-0.3, -0.25) is 4.79 Å². The van der Waals surface area contributed by atoms with Crippen molar-refractivity contribution in [3.05, 3.63) is 23.4 Å². The van der Waals surface area contributed by atoms with Crippen LogP contribution >= 0.6 is 11.3 Å². The predicted molar refractivity (Wildman–Crippen MR) is 58.1 cm³/mol. The lowest BCUT2D eigenvalue weighted by molar-refractivity contribution is -0.141. The largest absolute Gasteiger partial charge is 0.481 e. The number of carbonyl (C=O) groups is 1. The maximum Gasteiger partial charge on any atom is 0.306 e. The monoisotopic (exact) mass is 238 g/mol. The minimum absolute atomic E-state index is 0.258. The SMILES string of the molecule is CC(Cc1nnc(-c2cccs2)o1)C(=O)O. The van der Waals surface area contributed by atoms with E-state index in [0.717, 1.165) is 4.88 Å². The zero-order valence-corrected chi connectivity index (χ0v) is 9.40. The average Bonchev–Trinajstić information content (AvgIpc) is 2.85. The van der Waals surface area contributed by atoms with Crippen molar-refractivity contribution in [2.24, 2.45) is 5.92 Å². The van der Waals surface area contributed by atoms with Crippen molar-refractivity contribution in [1.29, 1.82) is 0 Å². The van der Waals surface area contributed by atoms with E-state index >= 15 is 0 Å². The Kier molecular flexibility index (Phi) is 3.00. The molecule has 1 atom stereocenters. The number of hydrogen-bond acceptors (Lipinski definition) is 5. The van der Waals surface area contributed by atoms with Crippen LogP contribution in [-0.4, -0.2) is 21.3 Å². The summed E-state index contributed by atoms with van der Waals surface area (Å²) in [5, 5.41) is 18.4. The summed E-state index contributed by atoms with van der Waals surface area (Å²) in [7, 11) is 0. The number of aliphatic carboxylic acids is 1. The van der Waals surface area contributed by atoms with Crippen molar-refractivity contribution in [2.75, 3.05) is 0 Å². The molecule has 5 nitrogen and oxygen atoms in total. The molecule has 1 unspecified atom stereocenters. The van der Waals surface area contributed by atoms with E-state index in [0.29, 0.717) is 11.8 Å². The van der Waals surface area contributed by atoms with Gasteiger partial charge < -0.3 is 9.52 Å². The number of aromatic nitrogens is 2. The number of carboxylic acid groups (broad SMARTS) is 1. The molecule has 2 aromatic heterocycles. The second kappa shape index (κ2) is 4.44. The highest BCUT2D eigenvalue weighted by Gasteiger charge is 2.16. The maximum absolute atomic E-state index is 10.7. The van der Waals surface area contributed by atoms with Crippen LogP contribution in [0.5, 0.6) is 0 Å². The van der Waals surface area contributed by atoms with Gasteiger partial charge in [0.05, 0.1) is 10.8 Å². The summed E-state index contributed by atoms with van der Waals surface area (Å²) in [6, 6.07) is 3.77. The van der Waals surface area contributed by atoms with Gasteiger partial charge >= 0.3 is 5.97 Å². The third-order valence-electron chi connectivity index (χ3n) is 2.10. The first-order valence-corrected chi connectivity index (χ1v) is 5.64. The summed E-state index contributed by atoms with van der Waals surface area (Å²) < 4.78 is 5.37. The number of carboxylic acids is 1. The van der Waals surface area contributed by atoms with Gasteiger partial charge in [0.15, 0.2) is 0 Å². The van der Waals surface area contributed by atoms with Gasteiger partial charge in [0.25, 0.3) is 5.89 Å². The first-order valence-electron chi connectivity index (χ1n) is 4.76. The second-order valence-corrected chi connectivity index (χ2v) is 4.37. The highest BCUT2D eigenvalue weighted by molar-refractivity contribution is 7.13. The molecule has 16 heavy (non-hydrogen) atoms. The minimum atomic E-state index is -0.865. The fourth-order valence-electron chi connectivity index (χ4n) is 1.19. The van der Waals surface area contributed by atoms with E-state index in [-0.39, 0.29) is 6.42 Å². The fourth-order valence-corrected chi connectivity index (χ4v) is 1.83. The lowest BCUT2D eigenvalue weighted by Crippen LogP contribution is -2.12. The summed E-state index contributed by atoms with van der Waals surface area (Å²) in [4.78, 5) is 11.5. The molecule has 0 aliphatic heterocycles. The molecular weight excluding hydrogens is 228 g/mol. The molecule has 6 heteroatoms. The molecule has 0 bridgehead atoms. The van der Waals surface area contributed by atoms with Crippen LogP contribution in [0, 0.1) is 5.92 Å². The summed E-state index contributed by atoms with van der Waals surface area (Å²) in [5.74, 6) is -0.576. The Hall–Kier alpha value is -1.69. The molecule has 2 rings (SSSR count). The number of nitrogens with zero attached hydrogens (tertiary/aromatic N) is 2. The lowest BCUT2D eigenvalue weighted by Gasteiger charge is -1.99. The fraction of sp³-hybridized carbons (Fsp3) is 0.300. The first-order chi connectivity index (χ1) is 7.66. The number of thiophene rings is 1. The molecular formula is C10H10N2O3S. The molecule has 0 spiro atoms. The molecule has 2 heterocycles. The molecule has 0 aliphatic rings. The molecule has 0 fully saturated rings. The molecule has 0 aliphatic carbocycles. The quantitative estimate of drug-likeness (QED) is 0.882. The van der Waals surface area contributed by atoms with Gasteiger partial charge in [0.2, 0.25) is 5.89 Å². The third-order valence-corrected chi connectivity index (χ3v) is 2.96. The predicted octanol–water partition coefficient (Wildman–Crippen LogP) is 2.06. The Morgan fingerprint density at radius 3 is 3.06 bits per heavy atom. The van der Waals surface area contributed by atoms with Crippen LogP contribution in [0.1, 0.15) is 12.8 Å². The van der Waals surface area contributed by atoms with E-state index in [1.54, 1.807) is 6.92 Å².